The number of aliphatic hydroxyl groups is 1. The Labute approximate surface area is 185 Å². The molecule has 0 aliphatic heterocycles. The van der Waals surface area contributed by atoms with Gasteiger partial charge in [0.05, 0.1) is 12.7 Å². The average Bonchev–Trinajstić information content (AvgIpc) is 2.80. The number of rotatable bonds is 6. The molecule has 3 aliphatic carbocycles. The van der Waals surface area contributed by atoms with Crippen molar-refractivity contribution in [2.45, 2.75) is 36.8 Å². The van der Waals surface area contributed by atoms with Crippen LogP contribution in [0.25, 0.3) is 0 Å². The molecule has 3 aromatic carbocycles. The van der Waals surface area contributed by atoms with Crippen molar-refractivity contribution in [2.24, 2.45) is 5.92 Å². The highest BCUT2D eigenvalue weighted by Crippen LogP contribution is 2.60. The van der Waals surface area contributed by atoms with E-state index in [1.54, 1.807) is 7.11 Å². The maximum Gasteiger partial charge on any atom is 0.118 e. The molecule has 0 radical (unpaired) electrons. The molecule has 2 bridgehead atoms. The molecule has 1 N–H and O–H groups in total. The number of hydrogen-bond donors (Lipinski definition) is 1. The highest BCUT2D eigenvalue weighted by Gasteiger charge is 2.54. The van der Waals surface area contributed by atoms with E-state index in [9.17, 15) is 5.11 Å². The van der Waals surface area contributed by atoms with Gasteiger partial charge in [0.25, 0.3) is 0 Å². The topological polar surface area (TPSA) is 32.7 Å². The van der Waals surface area contributed by atoms with Crippen LogP contribution in [0.1, 0.15) is 46.9 Å². The zero-order chi connectivity index (χ0) is 21.4. The molecule has 0 amide bonds. The van der Waals surface area contributed by atoms with Gasteiger partial charge in [0, 0.05) is 19.0 Å². The van der Waals surface area contributed by atoms with Crippen LogP contribution in [0.3, 0.4) is 0 Å². The lowest BCUT2D eigenvalue weighted by Gasteiger charge is -2.54. The number of benzene rings is 3. The Hall–Kier alpha value is -2.62. The first kappa shape index (κ1) is 20.3. The summed E-state index contributed by atoms with van der Waals surface area (Å²) in [5.74, 6) is 1.73. The van der Waals surface area contributed by atoms with E-state index in [0.717, 1.165) is 37.2 Å². The number of methoxy groups -OCH3 is 1. The molecular weight excluding hydrogens is 382 g/mol. The highest BCUT2D eigenvalue weighted by molar-refractivity contribution is 5.46. The number of nitrogens with zero attached hydrogens (tertiary/aromatic N) is 1. The third-order valence-electron chi connectivity index (χ3n) is 7.33. The summed E-state index contributed by atoms with van der Waals surface area (Å²) < 4.78 is 5.35. The minimum absolute atomic E-state index is 0.0975. The Bertz CT molecular complexity index is 1030. The van der Waals surface area contributed by atoms with Gasteiger partial charge >= 0.3 is 0 Å². The molecule has 0 heterocycles. The van der Waals surface area contributed by atoms with Crippen LogP contribution in [-0.2, 0) is 12.1 Å². The first-order valence-corrected chi connectivity index (χ1v) is 11.3. The van der Waals surface area contributed by atoms with Crippen LogP contribution in [0.5, 0.6) is 5.75 Å². The van der Waals surface area contributed by atoms with Gasteiger partial charge in [-0.15, -0.1) is 0 Å². The first-order valence-electron chi connectivity index (χ1n) is 11.3. The summed E-state index contributed by atoms with van der Waals surface area (Å²) in [6.45, 7) is 1.90. The Morgan fingerprint density at radius 2 is 1.61 bits per heavy atom. The second-order valence-corrected chi connectivity index (χ2v) is 9.34. The van der Waals surface area contributed by atoms with Gasteiger partial charge in [-0.2, -0.15) is 0 Å². The zero-order valence-electron chi connectivity index (χ0n) is 18.4. The van der Waals surface area contributed by atoms with Gasteiger partial charge in [-0.1, -0.05) is 66.7 Å². The van der Waals surface area contributed by atoms with Crippen LogP contribution in [0.2, 0.25) is 0 Å². The molecule has 4 atom stereocenters. The molecule has 3 heteroatoms. The quantitative estimate of drug-likeness (QED) is 0.595. The van der Waals surface area contributed by atoms with Crippen molar-refractivity contribution in [2.75, 3.05) is 20.7 Å². The molecule has 3 aliphatic rings. The maximum atomic E-state index is 12.2. The summed E-state index contributed by atoms with van der Waals surface area (Å²) in [5, 5.41) is 12.2. The molecule has 1 saturated carbocycles. The standard InChI is InChI=1S/C28H31NO2/c1-29(18-20-8-4-3-5-9-20)19-22-16-21-17-28(30,23-12-14-24(31-2)15-13-23)27(22)26-11-7-6-10-25(21)26/h3-15,21-22,27,30H,16-19H2,1-2H3/t21-,22+,27+,28-/m0/s1. The van der Waals surface area contributed by atoms with Crippen molar-refractivity contribution in [3.63, 3.8) is 0 Å². The second kappa shape index (κ2) is 8.14. The summed E-state index contributed by atoms with van der Waals surface area (Å²) in [4.78, 5) is 2.41. The molecule has 3 nitrogen and oxygen atoms in total. The van der Waals surface area contributed by atoms with Gasteiger partial charge in [0.15, 0.2) is 0 Å². The molecule has 0 saturated heterocycles. The predicted octanol–water partition coefficient (Wildman–Crippen LogP) is 5.31. The van der Waals surface area contributed by atoms with Crippen molar-refractivity contribution in [1.29, 1.82) is 0 Å². The molecule has 1 fully saturated rings. The average molecular weight is 414 g/mol. The molecule has 31 heavy (non-hydrogen) atoms. The Balaban J connectivity index is 1.47. The third-order valence-corrected chi connectivity index (χ3v) is 7.33. The van der Waals surface area contributed by atoms with Crippen molar-refractivity contribution in [3.05, 3.63) is 101 Å². The monoisotopic (exact) mass is 413 g/mol. The molecule has 6 rings (SSSR count). The molecule has 0 unspecified atom stereocenters. The minimum atomic E-state index is -0.845. The third kappa shape index (κ3) is 3.66. The Kier molecular flexibility index (Phi) is 5.33. The van der Waals surface area contributed by atoms with Crippen molar-refractivity contribution in [1.82, 2.24) is 4.90 Å². The minimum Gasteiger partial charge on any atom is -0.497 e. The van der Waals surface area contributed by atoms with Gasteiger partial charge in [0.2, 0.25) is 0 Å². The van der Waals surface area contributed by atoms with Crippen molar-refractivity contribution in [3.8, 4) is 5.75 Å². The van der Waals surface area contributed by atoms with E-state index < -0.39 is 5.60 Å². The van der Waals surface area contributed by atoms with E-state index in [1.165, 1.54) is 16.7 Å². The number of fused-ring (bicyclic) bond motifs is 2. The van der Waals surface area contributed by atoms with Crippen LogP contribution >= 0.6 is 0 Å². The van der Waals surface area contributed by atoms with Crippen molar-refractivity contribution < 1.29 is 9.84 Å². The van der Waals surface area contributed by atoms with Crippen LogP contribution < -0.4 is 4.74 Å². The predicted molar refractivity (Wildman–Crippen MR) is 124 cm³/mol. The van der Waals surface area contributed by atoms with Gasteiger partial charge in [-0.3, -0.25) is 0 Å². The Morgan fingerprint density at radius 3 is 2.32 bits per heavy atom. The molecule has 0 aromatic heterocycles. The summed E-state index contributed by atoms with van der Waals surface area (Å²) in [5.41, 5.74) is 4.26. The summed E-state index contributed by atoms with van der Waals surface area (Å²) in [6.07, 6.45) is 1.93. The lowest BCUT2D eigenvalue weighted by Crippen LogP contribution is -2.50. The second-order valence-electron chi connectivity index (χ2n) is 9.34. The Morgan fingerprint density at radius 1 is 0.935 bits per heavy atom. The van der Waals surface area contributed by atoms with Gasteiger partial charge in [-0.05, 0) is 66.1 Å². The lowest BCUT2D eigenvalue weighted by molar-refractivity contribution is -0.0683. The van der Waals surface area contributed by atoms with Gasteiger partial charge in [0.1, 0.15) is 5.75 Å². The maximum absolute atomic E-state index is 12.2. The molecule has 160 valence electrons. The van der Waals surface area contributed by atoms with E-state index in [1.807, 2.05) is 24.3 Å². The van der Waals surface area contributed by atoms with Crippen LogP contribution in [-0.4, -0.2) is 30.7 Å². The van der Waals surface area contributed by atoms with E-state index in [4.69, 9.17) is 4.74 Å². The summed E-state index contributed by atoms with van der Waals surface area (Å²) in [6, 6.07) is 27.5. The summed E-state index contributed by atoms with van der Waals surface area (Å²) >= 11 is 0. The fraction of sp³-hybridized carbons (Fsp3) is 0.357. The van der Waals surface area contributed by atoms with Crippen LogP contribution in [0.15, 0.2) is 78.9 Å². The first-order chi connectivity index (χ1) is 15.1. The van der Waals surface area contributed by atoms with E-state index >= 15 is 0 Å². The van der Waals surface area contributed by atoms with Gasteiger partial charge < -0.3 is 14.7 Å². The lowest BCUT2D eigenvalue weighted by atomic mass is 9.53. The fourth-order valence-corrected chi connectivity index (χ4v) is 6.11. The molecular formula is C28H31NO2. The van der Waals surface area contributed by atoms with Gasteiger partial charge in [-0.25, -0.2) is 0 Å². The van der Waals surface area contributed by atoms with Crippen LogP contribution in [0.4, 0.5) is 0 Å². The normalized spacial score (nSPS) is 26.6. The molecule has 0 spiro atoms. The summed E-state index contributed by atoms with van der Waals surface area (Å²) in [7, 11) is 3.88. The molecule has 3 aromatic rings. The van der Waals surface area contributed by atoms with Crippen molar-refractivity contribution >= 4 is 0 Å². The smallest absolute Gasteiger partial charge is 0.118 e. The SMILES string of the molecule is COc1ccc([C@@]2(O)C[C@@H]3C[C@H](CN(C)Cc4ccccc4)[C@@H]2c2ccccc23)cc1. The zero-order valence-corrected chi connectivity index (χ0v) is 18.4. The van der Waals surface area contributed by atoms with Crippen LogP contribution in [0, 0.1) is 5.92 Å². The fourth-order valence-electron chi connectivity index (χ4n) is 6.11. The van der Waals surface area contributed by atoms with E-state index in [2.05, 4.69) is 66.5 Å². The van der Waals surface area contributed by atoms with E-state index in [0.29, 0.717) is 11.8 Å². The van der Waals surface area contributed by atoms with E-state index in [-0.39, 0.29) is 5.92 Å². The largest absolute Gasteiger partial charge is 0.497 e. The highest BCUT2D eigenvalue weighted by atomic mass is 16.5. The number of hydrogen-bond acceptors (Lipinski definition) is 3. The number of ether oxygens (including phenoxy) is 1.